The van der Waals surface area contributed by atoms with Crippen LogP contribution < -0.4 is 15.8 Å². The summed E-state index contributed by atoms with van der Waals surface area (Å²) < 4.78 is 7.04. The van der Waals surface area contributed by atoms with E-state index in [2.05, 4.69) is 15.6 Å². The maximum absolute atomic E-state index is 11.6. The Balaban J connectivity index is 1.61. The van der Waals surface area contributed by atoms with E-state index in [0.717, 1.165) is 5.75 Å². The van der Waals surface area contributed by atoms with Crippen LogP contribution in [0, 0.1) is 0 Å². The van der Waals surface area contributed by atoms with E-state index in [-0.39, 0.29) is 18.3 Å². The fourth-order valence-corrected chi connectivity index (χ4v) is 1.69. The first kappa shape index (κ1) is 16.3. The molecule has 0 bridgehead atoms. The number of aryl methyl sites for hydroxylation is 1. The van der Waals surface area contributed by atoms with Gasteiger partial charge in [-0.1, -0.05) is 23.4 Å². The molecule has 0 spiro atoms. The molecule has 0 aliphatic heterocycles. The van der Waals surface area contributed by atoms with Crippen molar-refractivity contribution in [1.29, 1.82) is 0 Å². The number of ether oxygens (including phenoxy) is 1. The molecular weight excluding hydrogens is 298 g/mol. The van der Waals surface area contributed by atoms with Gasteiger partial charge in [0.15, 0.2) is 12.4 Å². The molecule has 0 fully saturated rings. The molecule has 2 aromatic rings. The lowest BCUT2D eigenvalue weighted by Gasteiger charge is -2.07. The van der Waals surface area contributed by atoms with Crippen molar-refractivity contribution in [1.82, 2.24) is 15.1 Å². The van der Waals surface area contributed by atoms with Gasteiger partial charge in [-0.2, -0.15) is 5.10 Å². The molecule has 0 aliphatic rings. The number of carbonyl (C=O) groups is 1. The molecule has 0 saturated carbocycles. The van der Waals surface area contributed by atoms with Gasteiger partial charge in [0, 0.05) is 13.2 Å². The average molecular weight is 317 g/mol. The number of nitrogens with two attached hydrogens (primary N) is 1. The fraction of sp³-hybridized carbons (Fsp3) is 0.267. The maximum Gasteiger partial charge on any atom is 0.260 e. The molecule has 23 heavy (non-hydrogen) atoms. The van der Waals surface area contributed by atoms with Gasteiger partial charge >= 0.3 is 0 Å². The molecule has 1 aromatic heterocycles. The molecule has 0 unspecified atom stereocenters. The summed E-state index contributed by atoms with van der Waals surface area (Å²) in [5, 5.41) is 10.3. The van der Waals surface area contributed by atoms with Crippen LogP contribution in [0.2, 0.25) is 0 Å². The molecule has 0 radical (unpaired) electrons. The van der Waals surface area contributed by atoms with Gasteiger partial charge < -0.3 is 20.6 Å². The number of benzene rings is 1. The van der Waals surface area contributed by atoms with Crippen LogP contribution in [0.25, 0.3) is 0 Å². The molecule has 1 aromatic carbocycles. The van der Waals surface area contributed by atoms with E-state index in [4.69, 9.17) is 15.3 Å². The van der Waals surface area contributed by atoms with Crippen molar-refractivity contribution >= 4 is 11.7 Å². The summed E-state index contributed by atoms with van der Waals surface area (Å²) in [5.41, 5.74) is 6.33. The third-order valence-corrected chi connectivity index (χ3v) is 2.80. The molecule has 122 valence electrons. The van der Waals surface area contributed by atoms with Crippen molar-refractivity contribution in [2.24, 2.45) is 17.9 Å². The Kier molecular flexibility index (Phi) is 5.98. The van der Waals surface area contributed by atoms with Gasteiger partial charge in [-0.3, -0.25) is 9.48 Å². The Morgan fingerprint density at radius 1 is 1.39 bits per heavy atom. The lowest BCUT2D eigenvalue weighted by atomic mass is 10.3. The van der Waals surface area contributed by atoms with Crippen molar-refractivity contribution in [2.75, 3.05) is 19.8 Å². The van der Waals surface area contributed by atoms with Gasteiger partial charge in [0.1, 0.15) is 12.4 Å². The quantitative estimate of drug-likeness (QED) is 0.314. The van der Waals surface area contributed by atoms with E-state index in [1.165, 1.54) is 0 Å². The first-order valence-electron chi connectivity index (χ1n) is 7.04. The minimum absolute atomic E-state index is 0.165. The van der Waals surface area contributed by atoms with Crippen LogP contribution in [0.5, 0.6) is 5.75 Å². The highest BCUT2D eigenvalue weighted by atomic mass is 16.6. The number of nitrogens with one attached hydrogen (secondary N) is 1. The van der Waals surface area contributed by atoms with Crippen LogP contribution in [0.1, 0.15) is 5.56 Å². The summed E-state index contributed by atoms with van der Waals surface area (Å²) in [6.45, 7) is 0.530. The first-order chi connectivity index (χ1) is 11.1. The lowest BCUT2D eigenvalue weighted by molar-refractivity contribution is -0.125. The van der Waals surface area contributed by atoms with Crippen LogP contribution in [0.4, 0.5) is 0 Å². The summed E-state index contributed by atoms with van der Waals surface area (Å²) in [4.78, 5) is 16.5. The zero-order valence-electron chi connectivity index (χ0n) is 12.8. The number of hydrogen-bond donors (Lipinski definition) is 2. The molecule has 0 aliphatic carbocycles. The second kappa shape index (κ2) is 8.42. The number of carbonyl (C=O) groups excluding carboxylic acids is 1. The number of amides is 1. The lowest BCUT2D eigenvalue weighted by Crippen LogP contribution is -2.31. The highest BCUT2D eigenvalue weighted by Gasteiger charge is 2.04. The minimum Gasteiger partial charge on any atom is -0.492 e. The number of rotatable bonds is 8. The van der Waals surface area contributed by atoms with Crippen molar-refractivity contribution in [3.8, 4) is 5.75 Å². The van der Waals surface area contributed by atoms with Gasteiger partial charge in [-0.25, -0.2) is 0 Å². The third kappa shape index (κ3) is 5.70. The van der Waals surface area contributed by atoms with Crippen molar-refractivity contribution in [2.45, 2.75) is 0 Å². The van der Waals surface area contributed by atoms with E-state index in [9.17, 15) is 4.79 Å². The zero-order valence-corrected chi connectivity index (χ0v) is 12.8. The minimum atomic E-state index is -0.301. The van der Waals surface area contributed by atoms with Crippen LogP contribution in [-0.2, 0) is 16.7 Å². The number of amidine groups is 1. The van der Waals surface area contributed by atoms with Crippen LogP contribution in [0.3, 0.4) is 0 Å². The zero-order chi connectivity index (χ0) is 16.5. The molecule has 1 amide bonds. The van der Waals surface area contributed by atoms with E-state index in [0.29, 0.717) is 18.7 Å². The van der Waals surface area contributed by atoms with Gasteiger partial charge in [-0.05, 0) is 12.1 Å². The summed E-state index contributed by atoms with van der Waals surface area (Å²) >= 11 is 0. The van der Waals surface area contributed by atoms with E-state index in [1.54, 1.807) is 24.1 Å². The van der Waals surface area contributed by atoms with E-state index < -0.39 is 0 Å². The highest BCUT2D eigenvalue weighted by molar-refractivity contribution is 5.96. The smallest absolute Gasteiger partial charge is 0.260 e. The van der Waals surface area contributed by atoms with Crippen molar-refractivity contribution in [3.05, 3.63) is 48.3 Å². The number of para-hydroxylation sites is 1. The monoisotopic (exact) mass is 317 g/mol. The SMILES string of the molecule is Cn1cc(/C(N)=N/OCC(=O)NCCOc2ccccc2)cn1. The van der Waals surface area contributed by atoms with E-state index in [1.807, 2.05) is 30.3 Å². The molecule has 0 atom stereocenters. The summed E-state index contributed by atoms with van der Waals surface area (Å²) in [7, 11) is 1.77. The van der Waals surface area contributed by atoms with Gasteiger partial charge in [-0.15, -0.1) is 0 Å². The molecule has 8 heteroatoms. The molecule has 8 nitrogen and oxygen atoms in total. The average Bonchev–Trinajstić information content (AvgIpc) is 2.99. The van der Waals surface area contributed by atoms with Gasteiger partial charge in [0.2, 0.25) is 0 Å². The number of oxime groups is 1. The third-order valence-electron chi connectivity index (χ3n) is 2.80. The molecule has 0 saturated heterocycles. The second-order valence-corrected chi connectivity index (χ2v) is 4.66. The number of hydrogen-bond acceptors (Lipinski definition) is 5. The Morgan fingerprint density at radius 2 is 2.17 bits per heavy atom. The first-order valence-corrected chi connectivity index (χ1v) is 7.04. The van der Waals surface area contributed by atoms with E-state index >= 15 is 0 Å². The topological polar surface area (TPSA) is 104 Å². The number of nitrogens with zero attached hydrogens (tertiary/aromatic N) is 3. The Hall–Kier alpha value is -3.03. The highest BCUT2D eigenvalue weighted by Crippen LogP contribution is 2.07. The Bertz CT molecular complexity index is 654. The summed E-state index contributed by atoms with van der Waals surface area (Å²) in [6.07, 6.45) is 3.26. The molecule has 3 N–H and O–H groups in total. The van der Waals surface area contributed by atoms with Crippen LogP contribution in [-0.4, -0.2) is 41.3 Å². The predicted molar refractivity (Wildman–Crippen MR) is 84.8 cm³/mol. The molecule has 1 heterocycles. The normalized spacial score (nSPS) is 11.1. The molecule has 2 rings (SSSR count). The standard InChI is InChI=1S/C15H19N5O3/c1-20-10-12(9-18-20)15(16)19-23-11-14(21)17-7-8-22-13-5-3-2-4-6-13/h2-6,9-10H,7-8,11H2,1H3,(H2,16,19)(H,17,21). The van der Waals surface area contributed by atoms with Gasteiger partial charge in [0.05, 0.1) is 18.3 Å². The maximum atomic E-state index is 11.6. The van der Waals surface area contributed by atoms with Crippen molar-refractivity contribution in [3.63, 3.8) is 0 Å². The summed E-state index contributed by atoms with van der Waals surface area (Å²) in [6, 6.07) is 9.37. The largest absolute Gasteiger partial charge is 0.492 e. The fourth-order valence-electron chi connectivity index (χ4n) is 1.69. The van der Waals surface area contributed by atoms with Crippen LogP contribution >= 0.6 is 0 Å². The summed E-state index contributed by atoms with van der Waals surface area (Å²) in [5.74, 6) is 0.620. The van der Waals surface area contributed by atoms with Crippen LogP contribution in [0.15, 0.2) is 47.9 Å². The Labute approximate surface area is 133 Å². The van der Waals surface area contributed by atoms with Crippen molar-refractivity contribution < 1.29 is 14.4 Å². The predicted octanol–water partition coefficient (Wildman–Crippen LogP) is 0.252. The van der Waals surface area contributed by atoms with Gasteiger partial charge in [0.25, 0.3) is 5.91 Å². The molecular formula is C15H19N5O3. The Morgan fingerprint density at radius 3 is 2.87 bits per heavy atom. The second-order valence-electron chi connectivity index (χ2n) is 4.66. The number of aromatic nitrogens is 2.